The average Bonchev–Trinajstić information content (AvgIpc) is 2.97. The van der Waals surface area contributed by atoms with Crippen LogP contribution >= 0.6 is 0 Å². The van der Waals surface area contributed by atoms with E-state index >= 15 is 0 Å². The number of methoxy groups -OCH3 is 1. The Morgan fingerprint density at radius 3 is 2.08 bits per heavy atom. The van der Waals surface area contributed by atoms with Crippen LogP contribution < -0.4 is 0 Å². The Bertz CT molecular complexity index is 796. The number of fused-ring (bicyclic) bond motifs is 3. The Morgan fingerprint density at radius 1 is 0.960 bits per heavy atom. The molecule has 0 spiro atoms. The molecule has 0 amide bonds. The highest BCUT2D eigenvalue weighted by Gasteiger charge is 2.21. The van der Waals surface area contributed by atoms with Gasteiger partial charge in [0.05, 0.1) is 18.8 Å². The molecule has 1 saturated heterocycles. The van der Waals surface area contributed by atoms with Gasteiger partial charge >= 0.3 is 0 Å². The third-order valence-electron chi connectivity index (χ3n) is 5.41. The van der Waals surface area contributed by atoms with Crippen LogP contribution in [0.25, 0.3) is 21.8 Å². The fraction of sp³-hybridized carbons (Fsp3) is 0.429. The summed E-state index contributed by atoms with van der Waals surface area (Å²) >= 11 is 0. The molecule has 1 aliphatic heterocycles. The zero-order valence-corrected chi connectivity index (χ0v) is 14.8. The molecule has 3 aromatic rings. The zero-order valence-electron chi connectivity index (χ0n) is 14.8. The van der Waals surface area contributed by atoms with Crippen LogP contribution in [-0.2, 0) is 11.3 Å². The molecule has 4 heteroatoms. The number of aliphatic hydroxyl groups excluding tert-OH is 1. The minimum absolute atomic E-state index is 0.377. The maximum absolute atomic E-state index is 10.7. The van der Waals surface area contributed by atoms with Gasteiger partial charge in [0, 0.05) is 48.5 Å². The Kier molecular flexibility index (Phi) is 4.75. The Labute approximate surface area is 148 Å². The number of rotatable bonds is 5. The number of likely N-dealkylation sites (tertiary alicyclic amines) is 1. The van der Waals surface area contributed by atoms with E-state index in [0.29, 0.717) is 12.6 Å². The maximum atomic E-state index is 10.7. The van der Waals surface area contributed by atoms with Crippen molar-refractivity contribution in [2.75, 3.05) is 26.7 Å². The van der Waals surface area contributed by atoms with Gasteiger partial charge in [0.2, 0.25) is 0 Å². The number of nitrogens with zero attached hydrogens (tertiary/aromatic N) is 2. The van der Waals surface area contributed by atoms with Crippen LogP contribution in [0.15, 0.2) is 48.5 Å². The van der Waals surface area contributed by atoms with E-state index in [9.17, 15) is 5.11 Å². The summed E-state index contributed by atoms with van der Waals surface area (Å²) < 4.78 is 7.69. The van der Waals surface area contributed by atoms with Gasteiger partial charge in [0.15, 0.2) is 0 Å². The van der Waals surface area contributed by atoms with Gasteiger partial charge in [-0.25, -0.2) is 0 Å². The number of piperidine rings is 1. The number of aliphatic hydroxyl groups is 1. The van der Waals surface area contributed by atoms with E-state index in [0.717, 1.165) is 32.5 Å². The second kappa shape index (κ2) is 7.16. The molecule has 1 unspecified atom stereocenters. The maximum Gasteiger partial charge on any atom is 0.0845 e. The molecule has 4 nitrogen and oxygen atoms in total. The second-order valence-electron chi connectivity index (χ2n) is 7.03. The predicted molar refractivity (Wildman–Crippen MR) is 102 cm³/mol. The number of β-amino-alcohol motifs (C(OH)–C–C–N with tert-alkyl or cyclic N) is 1. The lowest BCUT2D eigenvalue weighted by atomic mass is 10.1. The summed E-state index contributed by atoms with van der Waals surface area (Å²) in [5, 5.41) is 13.2. The van der Waals surface area contributed by atoms with E-state index in [4.69, 9.17) is 4.74 Å². The van der Waals surface area contributed by atoms with Gasteiger partial charge in [-0.2, -0.15) is 0 Å². The predicted octanol–water partition coefficient (Wildman–Crippen LogP) is 3.27. The van der Waals surface area contributed by atoms with Crippen molar-refractivity contribution in [1.29, 1.82) is 0 Å². The molecular formula is C21H26N2O2. The summed E-state index contributed by atoms with van der Waals surface area (Å²) in [6, 6.07) is 16.9. The molecule has 1 aliphatic rings. The highest BCUT2D eigenvalue weighted by Crippen LogP contribution is 2.29. The van der Waals surface area contributed by atoms with Crippen LogP contribution in [0.5, 0.6) is 0 Å². The molecule has 4 rings (SSSR count). The zero-order chi connectivity index (χ0) is 17.2. The van der Waals surface area contributed by atoms with Crippen molar-refractivity contribution < 1.29 is 9.84 Å². The smallest absolute Gasteiger partial charge is 0.0845 e. The first-order valence-corrected chi connectivity index (χ1v) is 9.15. The van der Waals surface area contributed by atoms with Gasteiger partial charge in [-0.3, -0.25) is 0 Å². The number of hydrogen-bond acceptors (Lipinski definition) is 3. The first-order valence-electron chi connectivity index (χ1n) is 9.15. The van der Waals surface area contributed by atoms with Crippen molar-refractivity contribution >= 4 is 21.8 Å². The van der Waals surface area contributed by atoms with Crippen LogP contribution in [0.1, 0.15) is 12.8 Å². The van der Waals surface area contributed by atoms with Gasteiger partial charge in [-0.1, -0.05) is 36.4 Å². The van der Waals surface area contributed by atoms with Crippen molar-refractivity contribution in [2.24, 2.45) is 0 Å². The van der Waals surface area contributed by atoms with Gasteiger partial charge in [0.25, 0.3) is 0 Å². The number of hydrogen-bond donors (Lipinski definition) is 1. The molecule has 1 atom stereocenters. The third-order valence-corrected chi connectivity index (χ3v) is 5.41. The number of para-hydroxylation sites is 2. The summed E-state index contributed by atoms with van der Waals surface area (Å²) in [7, 11) is 1.79. The normalized spacial score (nSPS) is 18.2. The van der Waals surface area contributed by atoms with Crippen molar-refractivity contribution in [1.82, 2.24) is 9.47 Å². The van der Waals surface area contributed by atoms with Gasteiger partial charge in [-0.05, 0) is 25.0 Å². The molecule has 2 aromatic carbocycles. The number of benzene rings is 2. The van der Waals surface area contributed by atoms with Crippen LogP contribution in [-0.4, -0.2) is 53.5 Å². The Morgan fingerprint density at radius 2 is 1.52 bits per heavy atom. The van der Waals surface area contributed by atoms with Crippen molar-refractivity contribution in [3.05, 3.63) is 48.5 Å². The number of aromatic nitrogens is 1. The first-order chi connectivity index (χ1) is 12.3. The minimum Gasteiger partial charge on any atom is -0.390 e. The van der Waals surface area contributed by atoms with Crippen molar-refractivity contribution in [3.63, 3.8) is 0 Å². The van der Waals surface area contributed by atoms with Crippen LogP contribution in [0.4, 0.5) is 0 Å². The molecule has 25 heavy (non-hydrogen) atoms. The number of ether oxygens (including phenoxy) is 1. The monoisotopic (exact) mass is 338 g/mol. The van der Waals surface area contributed by atoms with Gasteiger partial charge < -0.3 is 19.3 Å². The third kappa shape index (κ3) is 3.30. The van der Waals surface area contributed by atoms with E-state index in [-0.39, 0.29) is 6.10 Å². The molecular weight excluding hydrogens is 312 g/mol. The van der Waals surface area contributed by atoms with E-state index in [1.54, 1.807) is 7.11 Å². The average molecular weight is 338 g/mol. The highest BCUT2D eigenvalue weighted by molar-refractivity contribution is 6.07. The summed E-state index contributed by atoms with van der Waals surface area (Å²) in [6.45, 7) is 3.35. The second-order valence-corrected chi connectivity index (χ2v) is 7.03. The Hall–Kier alpha value is -1.88. The largest absolute Gasteiger partial charge is 0.390 e. The SMILES string of the molecule is COC1CCN(CC(O)Cn2c3ccccc3c3ccccc32)CC1. The van der Waals surface area contributed by atoms with E-state index in [1.165, 1.54) is 21.8 Å². The molecule has 1 fully saturated rings. The van der Waals surface area contributed by atoms with Gasteiger partial charge in [0.1, 0.15) is 0 Å². The van der Waals surface area contributed by atoms with E-state index < -0.39 is 0 Å². The molecule has 0 bridgehead atoms. The van der Waals surface area contributed by atoms with Crippen LogP contribution in [0.3, 0.4) is 0 Å². The summed E-state index contributed by atoms with van der Waals surface area (Å²) in [4.78, 5) is 2.36. The molecule has 1 aromatic heterocycles. The molecule has 132 valence electrons. The van der Waals surface area contributed by atoms with Crippen molar-refractivity contribution in [2.45, 2.75) is 31.6 Å². The first kappa shape index (κ1) is 16.6. The van der Waals surface area contributed by atoms with Crippen LogP contribution in [0, 0.1) is 0 Å². The van der Waals surface area contributed by atoms with Gasteiger partial charge in [-0.15, -0.1) is 0 Å². The molecule has 0 radical (unpaired) electrons. The summed E-state index contributed by atoms with van der Waals surface area (Å²) in [5.74, 6) is 0. The van der Waals surface area contributed by atoms with E-state index in [2.05, 4.69) is 58.0 Å². The quantitative estimate of drug-likeness (QED) is 0.776. The van der Waals surface area contributed by atoms with Crippen molar-refractivity contribution in [3.8, 4) is 0 Å². The molecule has 2 heterocycles. The standard InChI is InChI=1S/C21H26N2O2/c1-25-17-10-12-22(13-11-17)14-16(24)15-23-20-8-4-2-6-18(20)19-7-3-5-9-21(19)23/h2-9,16-17,24H,10-15H2,1H3. The lowest BCUT2D eigenvalue weighted by molar-refractivity contribution is 0.0221. The minimum atomic E-state index is -0.377. The fourth-order valence-corrected chi connectivity index (χ4v) is 4.09. The molecule has 0 saturated carbocycles. The summed E-state index contributed by atoms with van der Waals surface area (Å²) in [6.07, 6.45) is 2.11. The Balaban J connectivity index is 1.54. The summed E-state index contributed by atoms with van der Waals surface area (Å²) in [5.41, 5.74) is 2.39. The van der Waals surface area contributed by atoms with E-state index in [1.807, 2.05) is 0 Å². The molecule has 1 N–H and O–H groups in total. The lowest BCUT2D eigenvalue weighted by Crippen LogP contribution is -2.41. The lowest BCUT2D eigenvalue weighted by Gasteiger charge is -2.32. The highest BCUT2D eigenvalue weighted by atomic mass is 16.5. The topological polar surface area (TPSA) is 37.6 Å². The van der Waals surface area contributed by atoms with Crippen LogP contribution in [0.2, 0.25) is 0 Å². The fourth-order valence-electron chi connectivity index (χ4n) is 4.09. The molecule has 0 aliphatic carbocycles.